The minimum absolute atomic E-state index is 0.521. The van der Waals surface area contributed by atoms with Gasteiger partial charge in [0.25, 0.3) is 0 Å². The normalized spacial score (nSPS) is 11.1. The van der Waals surface area contributed by atoms with Crippen molar-refractivity contribution in [1.82, 2.24) is 39.0 Å². The Morgan fingerprint density at radius 1 is 0.181 bits per heavy atom. The highest BCUT2D eigenvalue weighted by Crippen LogP contribution is 2.42. The predicted octanol–water partition coefficient (Wildman–Crippen LogP) is 29.3. The summed E-state index contributed by atoms with van der Waals surface area (Å²) in [6.07, 6.45) is 0. The van der Waals surface area contributed by atoms with Gasteiger partial charge < -0.3 is 13.6 Å². The number of aromatic nitrogens is 8. The highest BCUT2D eigenvalue weighted by Gasteiger charge is 2.22. The van der Waals surface area contributed by atoms with E-state index in [1.165, 1.54) is 32.6 Å². The van der Waals surface area contributed by atoms with Crippen molar-refractivity contribution in [2.24, 2.45) is 0 Å². The first-order valence-electron chi connectivity index (χ1n) is 42.1. The molecule has 0 aliphatic heterocycles. The van der Waals surface area contributed by atoms with Crippen molar-refractivity contribution in [3.8, 4) is 159 Å². The number of rotatable bonds is 14. The first kappa shape index (κ1) is 76.7. The van der Waals surface area contributed by atoms with Crippen molar-refractivity contribution in [1.29, 1.82) is 10.5 Å². The van der Waals surface area contributed by atoms with Gasteiger partial charge in [0, 0.05) is 77.1 Å². The van der Waals surface area contributed by atoms with E-state index in [2.05, 4.69) is 288 Å². The summed E-state index contributed by atoms with van der Waals surface area (Å²) in [4.78, 5) is 29.6. The van der Waals surface area contributed by atoms with Crippen molar-refractivity contribution in [3.63, 3.8) is 0 Å². The number of hydrogen-bond donors (Lipinski definition) is 0. The maximum absolute atomic E-state index is 10.0. The molecule has 0 radical (unpaired) electrons. The Bertz CT molecular complexity index is 7920. The van der Waals surface area contributed by atoms with Gasteiger partial charge in [-0.3, -0.25) is 0 Å². The lowest BCUT2D eigenvalue weighted by molar-refractivity contribution is 0.669. The van der Waals surface area contributed by atoms with E-state index >= 15 is 0 Å². The molecule has 23 aromatic rings. The quantitative estimate of drug-likeness (QED) is 0.104. The maximum Gasteiger partial charge on any atom is 0.164 e. The topological polar surface area (TPSA) is 148 Å². The lowest BCUT2D eigenvalue weighted by Crippen LogP contribution is -2.02. The Hall–Kier alpha value is -17.6. The van der Waals surface area contributed by atoms with E-state index in [1.807, 2.05) is 176 Å². The summed E-state index contributed by atoms with van der Waals surface area (Å²) < 4.78 is 10.7. The highest BCUT2D eigenvalue weighted by atomic mass is 16.3. The molecule has 0 fully saturated rings. The molecule has 127 heavy (non-hydrogen) atoms. The van der Waals surface area contributed by atoms with Crippen LogP contribution in [0.1, 0.15) is 11.1 Å². The van der Waals surface area contributed by atoms with Crippen LogP contribution in [0.15, 0.2) is 453 Å². The molecule has 0 N–H and O–H groups in total. The van der Waals surface area contributed by atoms with E-state index in [9.17, 15) is 10.5 Å². The monoisotopic (exact) mass is 1620 g/mol. The molecule has 23 rings (SSSR count). The Labute approximate surface area is 733 Å². The first-order chi connectivity index (χ1) is 62.8. The number of fused-ring (bicyclic) bond motifs is 9. The minimum Gasteiger partial charge on any atom is -0.456 e. The maximum atomic E-state index is 10.0. The van der Waals surface area contributed by atoms with Gasteiger partial charge in [-0.05, 0) is 170 Å². The lowest BCUT2D eigenvalue weighted by Gasteiger charge is -2.14. The van der Waals surface area contributed by atoms with E-state index in [4.69, 9.17) is 34.3 Å². The van der Waals surface area contributed by atoms with Crippen LogP contribution in [0.3, 0.4) is 0 Å². The second-order valence-corrected chi connectivity index (χ2v) is 31.1. The SMILES string of the molecule is N#Cc1cc(-c2cccc(-n3c4ccccc4c4ccccc43)c2)cc(-n2c3ccccc3c3ccccc32)c1.N#Cc1cccc(-c2nc(-c3ccccc3-c3ccccc3)nc(-c3ccccc3-c3ccccc3)n2)c1.c1ccc(-c2nc(-c3ccccc3)nc(-c3cccc(-c4cccc(-c5cccc(-c6ccc7oc8ccccc8c7c6)c5)c4)c3)n2)cc1. The molecule has 0 bridgehead atoms. The molecule has 0 aliphatic carbocycles. The van der Waals surface area contributed by atoms with Gasteiger partial charge >= 0.3 is 0 Å². The molecule has 0 saturated carbocycles. The van der Waals surface area contributed by atoms with Crippen LogP contribution in [0.4, 0.5) is 0 Å². The third-order valence-corrected chi connectivity index (χ3v) is 23.2. The number of benzene rings is 18. The molecule has 5 heterocycles. The van der Waals surface area contributed by atoms with Crippen molar-refractivity contribution in [2.45, 2.75) is 0 Å². The Balaban J connectivity index is 0.000000117. The van der Waals surface area contributed by atoms with E-state index in [1.54, 1.807) is 6.07 Å². The average molecular weight is 1620 g/mol. The van der Waals surface area contributed by atoms with Gasteiger partial charge in [0.1, 0.15) is 11.2 Å². The molecule has 0 amide bonds. The van der Waals surface area contributed by atoms with Gasteiger partial charge in [0.05, 0.1) is 45.3 Å². The molecular weight excluding hydrogens is 1550 g/mol. The highest BCUT2D eigenvalue weighted by molar-refractivity contribution is 6.11. The summed E-state index contributed by atoms with van der Waals surface area (Å²) in [6, 6.07) is 158. The summed E-state index contributed by atoms with van der Waals surface area (Å²) in [5, 5.41) is 26.7. The molecule has 0 spiro atoms. The summed E-state index contributed by atoms with van der Waals surface area (Å²) in [5.41, 5.74) is 28.3. The summed E-state index contributed by atoms with van der Waals surface area (Å²) >= 11 is 0. The van der Waals surface area contributed by atoms with Crippen molar-refractivity contribution in [3.05, 3.63) is 460 Å². The second kappa shape index (κ2) is 34.1. The summed E-state index contributed by atoms with van der Waals surface area (Å²) in [7, 11) is 0. The van der Waals surface area contributed by atoms with Crippen LogP contribution in [0.5, 0.6) is 0 Å². The molecule has 11 nitrogen and oxygen atoms in total. The molecule has 18 aromatic carbocycles. The Morgan fingerprint density at radius 3 is 0.961 bits per heavy atom. The molecule has 0 unspecified atom stereocenters. The lowest BCUT2D eigenvalue weighted by atomic mass is 9.95. The average Bonchev–Trinajstić information content (AvgIpc) is 1.61. The number of para-hydroxylation sites is 5. The van der Waals surface area contributed by atoms with E-state index in [-0.39, 0.29) is 0 Å². The summed E-state index contributed by atoms with van der Waals surface area (Å²) in [5.74, 6) is 3.62. The van der Waals surface area contributed by atoms with Crippen LogP contribution in [0.2, 0.25) is 0 Å². The van der Waals surface area contributed by atoms with Gasteiger partial charge in [-0.25, -0.2) is 29.9 Å². The number of nitrogens with zero attached hydrogens (tertiary/aromatic N) is 10. The molecule has 0 saturated heterocycles. The fourth-order valence-corrected chi connectivity index (χ4v) is 17.2. The van der Waals surface area contributed by atoms with Gasteiger partial charge in [-0.2, -0.15) is 10.5 Å². The van der Waals surface area contributed by atoms with Crippen LogP contribution < -0.4 is 0 Å². The minimum atomic E-state index is 0.521. The van der Waals surface area contributed by atoms with Gasteiger partial charge in [-0.1, -0.05) is 346 Å². The third kappa shape index (κ3) is 15.4. The fourth-order valence-electron chi connectivity index (χ4n) is 17.2. The Kier molecular flexibility index (Phi) is 20.6. The fraction of sp³-hybridized carbons (Fsp3) is 0. The molecular formula is C116H74N10O. The first-order valence-corrected chi connectivity index (χ1v) is 42.1. The standard InChI is InChI=1S/C45H29N3O.C37H23N3.C34H22N4/c1-3-12-30(13-4-1)43-46-44(31-14-5-2-6-15-31)48-45(47-43)38-21-11-20-36(28-38)34-18-9-16-32(26-34)33-17-10-19-35(27-33)37-24-25-42-40(29-37)39-22-7-8-23-41(39)49-42;38-24-25-20-27(23-29(21-25)40-36-18-7-3-14-32(36)33-15-4-8-19-37(33)40)26-10-9-11-28(22-26)39-34-16-5-1-12-30(34)31-13-2-6-17-35(31)39;35-23-24-12-11-17-27(22-24)32-36-33(30-20-9-7-18-28(30)25-13-3-1-4-14-25)38-34(37-32)31-21-10-8-19-29(31)26-15-5-2-6-16-26/h1-29H;1-23H;1-22H. The zero-order valence-electron chi connectivity index (χ0n) is 68.6. The van der Waals surface area contributed by atoms with E-state index in [0.717, 1.165) is 144 Å². The van der Waals surface area contributed by atoms with Gasteiger partial charge in [-0.15, -0.1) is 0 Å². The molecule has 11 heteroatoms. The van der Waals surface area contributed by atoms with E-state index in [0.29, 0.717) is 46.1 Å². The van der Waals surface area contributed by atoms with E-state index < -0.39 is 0 Å². The van der Waals surface area contributed by atoms with Crippen LogP contribution >= 0.6 is 0 Å². The van der Waals surface area contributed by atoms with Crippen molar-refractivity contribution < 1.29 is 4.42 Å². The smallest absolute Gasteiger partial charge is 0.164 e. The number of hydrogen-bond acceptors (Lipinski definition) is 9. The van der Waals surface area contributed by atoms with Gasteiger partial charge in [0.15, 0.2) is 34.9 Å². The molecule has 0 atom stereocenters. The van der Waals surface area contributed by atoms with Crippen LogP contribution in [0, 0.1) is 22.7 Å². The Morgan fingerprint density at radius 2 is 0.488 bits per heavy atom. The molecule has 0 aliphatic rings. The van der Waals surface area contributed by atoms with Crippen LogP contribution in [0.25, 0.3) is 212 Å². The van der Waals surface area contributed by atoms with Crippen LogP contribution in [-0.2, 0) is 0 Å². The van der Waals surface area contributed by atoms with Crippen LogP contribution in [-0.4, -0.2) is 39.0 Å². The zero-order valence-corrected chi connectivity index (χ0v) is 68.6. The third-order valence-electron chi connectivity index (χ3n) is 23.2. The number of nitriles is 2. The zero-order chi connectivity index (χ0) is 84.9. The molecule has 5 aromatic heterocycles. The van der Waals surface area contributed by atoms with Crippen molar-refractivity contribution in [2.75, 3.05) is 0 Å². The number of furan rings is 1. The molecule has 594 valence electrons. The largest absolute Gasteiger partial charge is 0.456 e. The predicted molar refractivity (Wildman–Crippen MR) is 517 cm³/mol. The van der Waals surface area contributed by atoms with Gasteiger partial charge in [0.2, 0.25) is 0 Å². The summed E-state index contributed by atoms with van der Waals surface area (Å²) in [6.45, 7) is 0. The van der Waals surface area contributed by atoms with Crippen molar-refractivity contribution >= 4 is 65.6 Å². The second-order valence-electron chi connectivity index (χ2n) is 31.1.